The quantitative estimate of drug-likeness (QED) is 0.885. The second-order valence-electron chi connectivity index (χ2n) is 5.03. The molecule has 19 heavy (non-hydrogen) atoms. The van der Waals surface area contributed by atoms with Gasteiger partial charge in [0.25, 0.3) is 0 Å². The highest BCUT2D eigenvalue weighted by molar-refractivity contribution is 5.48. The molecule has 0 unspecified atom stereocenters. The van der Waals surface area contributed by atoms with E-state index < -0.39 is 0 Å². The molecule has 0 aliphatic carbocycles. The van der Waals surface area contributed by atoms with E-state index in [2.05, 4.69) is 67.1 Å². The highest BCUT2D eigenvalue weighted by Gasteiger charge is 2.05. The second-order valence-corrected chi connectivity index (χ2v) is 5.03. The molecular weight excluding hydrogens is 234 g/mol. The summed E-state index contributed by atoms with van der Waals surface area (Å²) >= 11 is 0. The number of hydrogen-bond acceptors (Lipinski definition) is 2. The van der Waals surface area contributed by atoms with E-state index in [1.807, 2.05) is 0 Å². The standard InChI is InChI=1S/C16H23N3/c1-5-14-10-16(19(6-2)18-14)11-17-15-8-12(3)7-13(4)9-15/h7-10,17H,5-6,11H2,1-4H3. The van der Waals surface area contributed by atoms with Crippen molar-refractivity contribution in [2.75, 3.05) is 5.32 Å². The Hall–Kier alpha value is -1.77. The third kappa shape index (κ3) is 3.37. The minimum absolute atomic E-state index is 0.823. The van der Waals surface area contributed by atoms with Crippen LogP contribution in [0.3, 0.4) is 0 Å². The van der Waals surface area contributed by atoms with Gasteiger partial charge in [-0.15, -0.1) is 0 Å². The summed E-state index contributed by atoms with van der Waals surface area (Å²) in [4.78, 5) is 0. The molecule has 3 nitrogen and oxygen atoms in total. The van der Waals surface area contributed by atoms with Crippen molar-refractivity contribution in [1.82, 2.24) is 9.78 Å². The van der Waals surface area contributed by atoms with Crippen LogP contribution < -0.4 is 5.32 Å². The topological polar surface area (TPSA) is 29.9 Å². The minimum atomic E-state index is 0.823. The Kier molecular flexibility index (Phi) is 4.25. The smallest absolute Gasteiger partial charge is 0.0625 e. The van der Waals surface area contributed by atoms with E-state index in [1.54, 1.807) is 0 Å². The lowest BCUT2D eigenvalue weighted by molar-refractivity contribution is 0.619. The lowest BCUT2D eigenvalue weighted by Gasteiger charge is -2.09. The predicted molar refractivity (Wildman–Crippen MR) is 80.5 cm³/mol. The summed E-state index contributed by atoms with van der Waals surface area (Å²) in [6.45, 7) is 10.3. The first-order chi connectivity index (χ1) is 9.12. The molecule has 0 aliphatic rings. The van der Waals surface area contributed by atoms with Gasteiger partial charge in [-0.05, 0) is 56.5 Å². The van der Waals surface area contributed by atoms with Crippen LogP contribution in [0.4, 0.5) is 5.69 Å². The maximum Gasteiger partial charge on any atom is 0.0625 e. The van der Waals surface area contributed by atoms with Crippen LogP contribution in [0.2, 0.25) is 0 Å². The summed E-state index contributed by atoms with van der Waals surface area (Å²) in [5.41, 5.74) is 6.18. The molecule has 0 saturated heterocycles. The van der Waals surface area contributed by atoms with E-state index in [9.17, 15) is 0 Å². The number of rotatable bonds is 5. The molecule has 0 amide bonds. The minimum Gasteiger partial charge on any atom is -0.379 e. The van der Waals surface area contributed by atoms with Crippen LogP contribution in [-0.4, -0.2) is 9.78 Å². The molecule has 3 heteroatoms. The SMILES string of the molecule is CCc1cc(CNc2cc(C)cc(C)c2)n(CC)n1. The van der Waals surface area contributed by atoms with Gasteiger partial charge in [0.2, 0.25) is 0 Å². The Bertz CT molecular complexity index is 535. The monoisotopic (exact) mass is 257 g/mol. The molecule has 1 heterocycles. The van der Waals surface area contributed by atoms with Crippen LogP contribution >= 0.6 is 0 Å². The van der Waals surface area contributed by atoms with Crippen LogP contribution in [0.5, 0.6) is 0 Å². The first kappa shape index (κ1) is 13.7. The third-order valence-electron chi connectivity index (χ3n) is 3.27. The normalized spacial score (nSPS) is 10.7. The van der Waals surface area contributed by atoms with Gasteiger partial charge in [0.1, 0.15) is 0 Å². The first-order valence-electron chi connectivity index (χ1n) is 7.00. The van der Waals surface area contributed by atoms with Crippen molar-refractivity contribution in [3.8, 4) is 0 Å². The molecule has 0 saturated carbocycles. The summed E-state index contributed by atoms with van der Waals surface area (Å²) in [5, 5.41) is 8.07. The number of nitrogens with zero attached hydrogens (tertiary/aromatic N) is 2. The summed E-state index contributed by atoms with van der Waals surface area (Å²) in [5.74, 6) is 0. The fraction of sp³-hybridized carbons (Fsp3) is 0.438. The highest BCUT2D eigenvalue weighted by Crippen LogP contribution is 2.15. The van der Waals surface area contributed by atoms with E-state index in [-0.39, 0.29) is 0 Å². The predicted octanol–water partition coefficient (Wildman–Crippen LogP) is 3.69. The van der Waals surface area contributed by atoms with Crippen LogP contribution in [0.15, 0.2) is 24.3 Å². The van der Waals surface area contributed by atoms with E-state index in [0.29, 0.717) is 0 Å². The van der Waals surface area contributed by atoms with Gasteiger partial charge in [-0.3, -0.25) is 4.68 Å². The molecule has 2 rings (SSSR count). The van der Waals surface area contributed by atoms with Gasteiger partial charge in [-0.2, -0.15) is 5.10 Å². The zero-order valence-electron chi connectivity index (χ0n) is 12.3. The first-order valence-corrected chi connectivity index (χ1v) is 7.00. The van der Waals surface area contributed by atoms with Crippen LogP contribution in [0.1, 0.15) is 36.4 Å². The Balaban J connectivity index is 2.11. The van der Waals surface area contributed by atoms with Crippen molar-refractivity contribution in [1.29, 1.82) is 0 Å². The fourth-order valence-electron chi connectivity index (χ4n) is 2.37. The number of benzene rings is 1. The third-order valence-corrected chi connectivity index (χ3v) is 3.27. The molecule has 0 atom stereocenters. The largest absolute Gasteiger partial charge is 0.379 e. The van der Waals surface area contributed by atoms with Crippen molar-refractivity contribution < 1.29 is 0 Å². The van der Waals surface area contributed by atoms with Gasteiger partial charge in [0, 0.05) is 12.2 Å². The van der Waals surface area contributed by atoms with Gasteiger partial charge in [-0.25, -0.2) is 0 Å². The van der Waals surface area contributed by atoms with E-state index in [0.717, 1.165) is 19.5 Å². The van der Waals surface area contributed by atoms with Crippen molar-refractivity contribution in [3.63, 3.8) is 0 Å². The van der Waals surface area contributed by atoms with Gasteiger partial charge in [0.05, 0.1) is 17.9 Å². The average Bonchev–Trinajstić information content (AvgIpc) is 2.77. The summed E-state index contributed by atoms with van der Waals surface area (Å²) in [6, 6.07) is 8.75. The van der Waals surface area contributed by atoms with Crippen molar-refractivity contribution in [3.05, 3.63) is 46.8 Å². The molecule has 1 N–H and O–H groups in total. The Labute approximate surface area is 115 Å². The molecule has 0 aliphatic heterocycles. The summed E-state index contributed by atoms with van der Waals surface area (Å²) in [7, 11) is 0. The lowest BCUT2D eigenvalue weighted by Crippen LogP contribution is -2.08. The number of nitrogens with one attached hydrogen (secondary N) is 1. The number of aromatic nitrogens is 2. The molecule has 1 aromatic carbocycles. The fourth-order valence-corrected chi connectivity index (χ4v) is 2.37. The number of aryl methyl sites for hydroxylation is 4. The Morgan fingerprint density at radius 1 is 1.05 bits per heavy atom. The van der Waals surface area contributed by atoms with Crippen molar-refractivity contribution >= 4 is 5.69 Å². The Morgan fingerprint density at radius 3 is 2.32 bits per heavy atom. The van der Waals surface area contributed by atoms with Crippen LogP contribution in [-0.2, 0) is 19.5 Å². The molecule has 102 valence electrons. The molecule has 0 spiro atoms. The summed E-state index contributed by atoms with van der Waals surface area (Å²) in [6.07, 6.45) is 0.990. The van der Waals surface area contributed by atoms with E-state index in [1.165, 1.54) is 28.2 Å². The van der Waals surface area contributed by atoms with Gasteiger partial charge < -0.3 is 5.32 Å². The zero-order valence-corrected chi connectivity index (χ0v) is 12.3. The molecule has 0 fully saturated rings. The molecule has 2 aromatic rings. The molecular formula is C16H23N3. The zero-order chi connectivity index (χ0) is 13.8. The lowest BCUT2D eigenvalue weighted by atomic mass is 10.1. The summed E-state index contributed by atoms with van der Waals surface area (Å²) < 4.78 is 2.08. The van der Waals surface area contributed by atoms with Gasteiger partial charge in [0.15, 0.2) is 0 Å². The molecule has 1 aromatic heterocycles. The van der Waals surface area contributed by atoms with Crippen LogP contribution in [0.25, 0.3) is 0 Å². The molecule has 0 bridgehead atoms. The van der Waals surface area contributed by atoms with Crippen molar-refractivity contribution in [2.24, 2.45) is 0 Å². The number of hydrogen-bond donors (Lipinski definition) is 1. The van der Waals surface area contributed by atoms with E-state index in [4.69, 9.17) is 0 Å². The average molecular weight is 257 g/mol. The molecule has 0 radical (unpaired) electrons. The highest BCUT2D eigenvalue weighted by atomic mass is 15.3. The second kappa shape index (κ2) is 5.91. The van der Waals surface area contributed by atoms with Crippen LogP contribution in [0, 0.1) is 13.8 Å². The van der Waals surface area contributed by atoms with E-state index >= 15 is 0 Å². The van der Waals surface area contributed by atoms with Gasteiger partial charge >= 0.3 is 0 Å². The maximum atomic E-state index is 4.57. The van der Waals surface area contributed by atoms with Gasteiger partial charge in [-0.1, -0.05) is 13.0 Å². The maximum absolute atomic E-state index is 4.57. The number of anilines is 1. The Morgan fingerprint density at radius 2 is 1.74 bits per heavy atom. The van der Waals surface area contributed by atoms with Crippen molar-refractivity contribution in [2.45, 2.75) is 47.2 Å².